The summed E-state index contributed by atoms with van der Waals surface area (Å²) in [5.74, 6) is 0.0146. The standard InChI is InChI=1S/C16H27N3O2/c20-15(17-11-6-2-1-3-7-11)10-14-16(21)19-13-9-5-4-8-12(13)18-14/h11-14,18H,1-10H2,(H,17,20)(H,19,21)/t12-,13+,14-/m0/s1. The molecule has 3 fully saturated rings. The van der Waals surface area contributed by atoms with Crippen molar-refractivity contribution in [2.75, 3.05) is 0 Å². The summed E-state index contributed by atoms with van der Waals surface area (Å²) in [6.07, 6.45) is 10.7. The van der Waals surface area contributed by atoms with Gasteiger partial charge in [-0.05, 0) is 25.7 Å². The average Bonchev–Trinajstić information content (AvgIpc) is 2.49. The summed E-state index contributed by atoms with van der Waals surface area (Å²) in [6, 6.07) is 0.584. The monoisotopic (exact) mass is 293 g/mol. The van der Waals surface area contributed by atoms with Crippen LogP contribution in [0.5, 0.6) is 0 Å². The van der Waals surface area contributed by atoms with Crippen molar-refractivity contribution in [2.45, 2.75) is 88.4 Å². The van der Waals surface area contributed by atoms with E-state index in [4.69, 9.17) is 0 Å². The molecule has 2 saturated carbocycles. The Bertz CT molecular complexity index is 393. The van der Waals surface area contributed by atoms with Crippen molar-refractivity contribution in [3.63, 3.8) is 0 Å². The van der Waals surface area contributed by atoms with E-state index in [1.54, 1.807) is 0 Å². The molecule has 2 amide bonds. The van der Waals surface area contributed by atoms with Crippen LogP contribution in [-0.2, 0) is 9.59 Å². The number of carbonyl (C=O) groups excluding carboxylic acids is 2. The van der Waals surface area contributed by atoms with Crippen LogP contribution in [0.1, 0.15) is 64.2 Å². The molecule has 21 heavy (non-hydrogen) atoms. The van der Waals surface area contributed by atoms with Crippen LogP contribution in [0.3, 0.4) is 0 Å². The van der Waals surface area contributed by atoms with E-state index in [0.717, 1.165) is 25.7 Å². The number of piperazine rings is 1. The van der Waals surface area contributed by atoms with Crippen molar-refractivity contribution >= 4 is 11.8 Å². The molecular formula is C16H27N3O2. The van der Waals surface area contributed by atoms with Crippen LogP contribution in [0.25, 0.3) is 0 Å². The summed E-state index contributed by atoms with van der Waals surface area (Å²) in [5.41, 5.74) is 0. The van der Waals surface area contributed by atoms with Gasteiger partial charge < -0.3 is 16.0 Å². The van der Waals surface area contributed by atoms with Gasteiger partial charge in [-0.2, -0.15) is 0 Å². The smallest absolute Gasteiger partial charge is 0.237 e. The van der Waals surface area contributed by atoms with Crippen molar-refractivity contribution in [3.8, 4) is 0 Å². The first-order chi connectivity index (χ1) is 10.2. The van der Waals surface area contributed by atoms with Crippen molar-refractivity contribution in [1.82, 2.24) is 16.0 Å². The third-order valence-corrected chi connectivity index (χ3v) is 5.19. The van der Waals surface area contributed by atoms with E-state index >= 15 is 0 Å². The van der Waals surface area contributed by atoms with E-state index in [-0.39, 0.29) is 30.3 Å². The molecule has 0 spiro atoms. The number of rotatable bonds is 3. The Hall–Kier alpha value is -1.10. The molecule has 0 unspecified atom stereocenters. The molecule has 3 atom stereocenters. The van der Waals surface area contributed by atoms with Gasteiger partial charge in [0.25, 0.3) is 0 Å². The third kappa shape index (κ3) is 3.76. The van der Waals surface area contributed by atoms with Crippen molar-refractivity contribution < 1.29 is 9.59 Å². The summed E-state index contributed by atoms with van der Waals surface area (Å²) in [5, 5.41) is 9.60. The second-order valence-electron chi connectivity index (χ2n) is 6.83. The van der Waals surface area contributed by atoms with Gasteiger partial charge in [0.1, 0.15) is 0 Å². The number of fused-ring (bicyclic) bond motifs is 1. The lowest BCUT2D eigenvalue weighted by Crippen LogP contribution is -2.65. The molecule has 118 valence electrons. The van der Waals surface area contributed by atoms with Crippen LogP contribution in [0, 0.1) is 0 Å². The quantitative estimate of drug-likeness (QED) is 0.733. The zero-order valence-electron chi connectivity index (χ0n) is 12.7. The molecule has 1 aliphatic heterocycles. The molecular weight excluding hydrogens is 266 g/mol. The Morgan fingerprint density at radius 1 is 1.00 bits per heavy atom. The first-order valence-electron chi connectivity index (χ1n) is 8.58. The zero-order valence-corrected chi connectivity index (χ0v) is 12.7. The number of carbonyl (C=O) groups is 2. The lowest BCUT2D eigenvalue weighted by atomic mass is 9.87. The largest absolute Gasteiger partial charge is 0.353 e. The van der Waals surface area contributed by atoms with E-state index in [9.17, 15) is 9.59 Å². The molecule has 5 heteroatoms. The van der Waals surface area contributed by atoms with E-state index in [2.05, 4.69) is 16.0 Å². The molecule has 0 aromatic heterocycles. The molecule has 3 N–H and O–H groups in total. The highest BCUT2D eigenvalue weighted by Gasteiger charge is 2.37. The minimum Gasteiger partial charge on any atom is -0.353 e. The van der Waals surface area contributed by atoms with Crippen LogP contribution in [-0.4, -0.2) is 36.0 Å². The first-order valence-corrected chi connectivity index (χ1v) is 8.58. The topological polar surface area (TPSA) is 70.2 Å². The van der Waals surface area contributed by atoms with Gasteiger partial charge in [0.15, 0.2) is 0 Å². The minimum absolute atomic E-state index is 0.00283. The lowest BCUT2D eigenvalue weighted by Gasteiger charge is -2.40. The lowest BCUT2D eigenvalue weighted by molar-refractivity contribution is -0.131. The van der Waals surface area contributed by atoms with Crippen molar-refractivity contribution in [2.24, 2.45) is 0 Å². The predicted molar refractivity (Wildman–Crippen MR) is 80.7 cm³/mol. The molecule has 3 rings (SSSR count). The van der Waals surface area contributed by atoms with Gasteiger partial charge in [-0.15, -0.1) is 0 Å². The second kappa shape index (κ2) is 6.77. The van der Waals surface area contributed by atoms with E-state index in [0.29, 0.717) is 12.1 Å². The van der Waals surface area contributed by atoms with Gasteiger partial charge in [0.05, 0.1) is 12.5 Å². The molecule has 2 aliphatic carbocycles. The number of hydrogen-bond donors (Lipinski definition) is 3. The maximum Gasteiger partial charge on any atom is 0.237 e. The maximum atomic E-state index is 12.2. The molecule has 0 aromatic carbocycles. The normalized spacial score (nSPS) is 33.9. The Morgan fingerprint density at radius 3 is 2.43 bits per heavy atom. The Morgan fingerprint density at radius 2 is 1.67 bits per heavy atom. The molecule has 0 radical (unpaired) electrons. The highest BCUT2D eigenvalue weighted by atomic mass is 16.2. The molecule has 1 heterocycles. The fourth-order valence-electron chi connectivity index (χ4n) is 3.99. The number of amides is 2. The van der Waals surface area contributed by atoms with E-state index < -0.39 is 0 Å². The van der Waals surface area contributed by atoms with Crippen LogP contribution in [0.4, 0.5) is 0 Å². The maximum absolute atomic E-state index is 12.2. The highest BCUT2D eigenvalue weighted by Crippen LogP contribution is 2.22. The summed E-state index contributed by atoms with van der Waals surface area (Å²) >= 11 is 0. The fourth-order valence-corrected chi connectivity index (χ4v) is 3.99. The van der Waals surface area contributed by atoms with Crippen LogP contribution < -0.4 is 16.0 Å². The Balaban J connectivity index is 1.49. The van der Waals surface area contributed by atoms with Gasteiger partial charge in [-0.25, -0.2) is 0 Å². The van der Waals surface area contributed by atoms with Gasteiger partial charge in [-0.3, -0.25) is 9.59 Å². The summed E-state index contributed by atoms with van der Waals surface area (Å²) in [6.45, 7) is 0. The molecule has 5 nitrogen and oxygen atoms in total. The minimum atomic E-state index is -0.354. The summed E-state index contributed by atoms with van der Waals surface area (Å²) in [4.78, 5) is 24.3. The van der Waals surface area contributed by atoms with Gasteiger partial charge >= 0.3 is 0 Å². The predicted octanol–water partition coefficient (Wildman–Crippen LogP) is 1.22. The second-order valence-corrected chi connectivity index (χ2v) is 6.83. The Kier molecular flexibility index (Phi) is 4.78. The molecule has 3 aliphatic rings. The van der Waals surface area contributed by atoms with Gasteiger partial charge in [0, 0.05) is 18.1 Å². The van der Waals surface area contributed by atoms with E-state index in [1.807, 2.05) is 0 Å². The van der Waals surface area contributed by atoms with Crippen molar-refractivity contribution in [1.29, 1.82) is 0 Å². The third-order valence-electron chi connectivity index (χ3n) is 5.19. The summed E-state index contributed by atoms with van der Waals surface area (Å²) < 4.78 is 0. The van der Waals surface area contributed by atoms with Crippen LogP contribution in [0.15, 0.2) is 0 Å². The SMILES string of the molecule is O=C(C[C@@H]1N[C@H]2CCCC[C@H]2NC1=O)NC1CCCCC1. The highest BCUT2D eigenvalue weighted by molar-refractivity contribution is 5.89. The number of hydrogen-bond acceptors (Lipinski definition) is 3. The van der Waals surface area contributed by atoms with Crippen molar-refractivity contribution in [3.05, 3.63) is 0 Å². The first kappa shape index (κ1) is 14.8. The molecule has 0 aromatic rings. The van der Waals surface area contributed by atoms with Crippen LogP contribution >= 0.6 is 0 Å². The molecule has 0 bridgehead atoms. The average molecular weight is 293 g/mol. The molecule has 1 saturated heterocycles. The number of nitrogens with one attached hydrogen (secondary N) is 3. The zero-order chi connectivity index (χ0) is 14.7. The van der Waals surface area contributed by atoms with Crippen LogP contribution in [0.2, 0.25) is 0 Å². The Labute approximate surface area is 126 Å². The summed E-state index contributed by atoms with van der Waals surface area (Å²) in [7, 11) is 0. The fraction of sp³-hybridized carbons (Fsp3) is 0.875. The van der Waals surface area contributed by atoms with Gasteiger partial charge in [0.2, 0.25) is 11.8 Å². The van der Waals surface area contributed by atoms with E-state index in [1.165, 1.54) is 32.1 Å². The van der Waals surface area contributed by atoms with Gasteiger partial charge in [-0.1, -0.05) is 32.1 Å².